The number of fused-ring (bicyclic) bond motifs is 1. The van der Waals surface area contributed by atoms with Crippen LogP contribution in [-0.2, 0) is 5.88 Å². The van der Waals surface area contributed by atoms with Crippen LogP contribution >= 0.6 is 23.1 Å². The summed E-state index contributed by atoms with van der Waals surface area (Å²) < 4.78 is 2.13. The minimum Gasteiger partial charge on any atom is -0.360 e. The Balaban J connectivity index is 1.69. The van der Waals surface area contributed by atoms with E-state index in [4.69, 9.17) is 0 Å². The predicted octanol–water partition coefficient (Wildman–Crippen LogP) is 2.46. The van der Waals surface area contributed by atoms with Crippen LogP contribution in [0.2, 0.25) is 0 Å². The van der Waals surface area contributed by atoms with Gasteiger partial charge in [0.25, 0.3) is 5.56 Å². The van der Waals surface area contributed by atoms with Crippen LogP contribution in [0.25, 0.3) is 10.9 Å². The zero-order valence-corrected chi connectivity index (χ0v) is 14.4. The largest absolute Gasteiger partial charge is 0.360 e. The smallest absolute Gasteiger partial charge is 0.278 e. The molecule has 0 saturated carbocycles. The first-order valence-electron chi connectivity index (χ1n) is 7.16. The molecule has 0 unspecified atom stereocenters. The van der Waals surface area contributed by atoms with Crippen LogP contribution in [0.3, 0.4) is 0 Å². The van der Waals surface area contributed by atoms with E-state index in [0.29, 0.717) is 22.7 Å². The lowest BCUT2D eigenvalue weighted by Crippen LogP contribution is -2.23. The minimum absolute atomic E-state index is 0.147. The van der Waals surface area contributed by atoms with Crippen molar-refractivity contribution in [1.82, 2.24) is 25.2 Å². The molecular formula is C14H16N6OS2. The molecule has 0 fully saturated rings. The molecule has 2 aromatic heterocycles. The molecule has 120 valence electrons. The number of anilines is 1. The van der Waals surface area contributed by atoms with Crippen molar-refractivity contribution < 1.29 is 0 Å². The molecule has 1 N–H and O–H groups in total. The third kappa shape index (κ3) is 3.85. The van der Waals surface area contributed by atoms with Gasteiger partial charge in [-0.2, -0.15) is 4.68 Å². The highest BCUT2D eigenvalue weighted by atomic mass is 32.2. The van der Waals surface area contributed by atoms with E-state index in [9.17, 15) is 4.79 Å². The van der Waals surface area contributed by atoms with E-state index >= 15 is 0 Å². The SMILES string of the molecule is CC(C)CNc1nnc(SCn2nnc3ccccc3c2=O)s1. The third-order valence-electron chi connectivity index (χ3n) is 3.01. The number of nitrogens with one attached hydrogen (secondary N) is 1. The lowest BCUT2D eigenvalue weighted by molar-refractivity contribution is 0.644. The number of aromatic nitrogens is 5. The summed E-state index contributed by atoms with van der Waals surface area (Å²) in [6.45, 7) is 5.12. The Labute approximate surface area is 141 Å². The van der Waals surface area contributed by atoms with Gasteiger partial charge in [-0.1, -0.05) is 54.3 Å². The summed E-state index contributed by atoms with van der Waals surface area (Å²) in [6.07, 6.45) is 0. The van der Waals surface area contributed by atoms with Gasteiger partial charge >= 0.3 is 0 Å². The number of nitrogens with zero attached hydrogens (tertiary/aromatic N) is 5. The molecule has 0 aliphatic carbocycles. The molecule has 0 bridgehead atoms. The average Bonchev–Trinajstić information content (AvgIpc) is 3.00. The maximum absolute atomic E-state index is 12.3. The monoisotopic (exact) mass is 348 g/mol. The first-order chi connectivity index (χ1) is 11.1. The molecule has 23 heavy (non-hydrogen) atoms. The molecule has 0 spiro atoms. The molecule has 0 amide bonds. The van der Waals surface area contributed by atoms with Crippen LogP contribution in [-0.4, -0.2) is 31.7 Å². The first-order valence-corrected chi connectivity index (χ1v) is 8.96. The van der Waals surface area contributed by atoms with Crippen LogP contribution in [0.4, 0.5) is 5.13 Å². The molecule has 3 rings (SSSR count). The maximum atomic E-state index is 12.3. The molecule has 0 radical (unpaired) electrons. The zero-order valence-electron chi connectivity index (χ0n) is 12.8. The molecule has 3 aromatic rings. The fraction of sp³-hybridized carbons (Fsp3) is 0.357. The van der Waals surface area contributed by atoms with Gasteiger partial charge in [-0.3, -0.25) is 4.79 Å². The highest BCUT2D eigenvalue weighted by Crippen LogP contribution is 2.26. The van der Waals surface area contributed by atoms with Crippen LogP contribution in [0.15, 0.2) is 33.4 Å². The van der Waals surface area contributed by atoms with E-state index in [-0.39, 0.29) is 5.56 Å². The molecule has 1 aromatic carbocycles. The number of thioether (sulfide) groups is 1. The van der Waals surface area contributed by atoms with Crippen molar-refractivity contribution in [3.63, 3.8) is 0 Å². The van der Waals surface area contributed by atoms with Gasteiger partial charge in [0.1, 0.15) is 5.52 Å². The molecule has 7 nitrogen and oxygen atoms in total. The minimum atomic E-state index is -0.147. The van der Waals surface area contributed by atoms with Gasteiger partial charge in [0.05, 0.1) is 11.3 Å². The fourth-order valence-electron chi connectivity index (χ4n) is 1.86. The Morgan fingerprint density at radius 3 is 2.91 bits per heavy atom. The second-order valence-electron chi connectivity index (χ2n) is 5.33. The van der Waals surface area contributed by atoms with E-state index in [1.807, 2.05) is 12.1 Å². The highest BCUT2D eigenvalue weighted by Gasteiger charge is 2.08. The Hall–Kier alpha value is -2.00. The first kappa shape index (κ1) is 15.9. The lowest BCUT2D eigenvalue weighted by atomic mass is 10.2. The van der Waals surface area contributed by atoms with Gasteiger partial charge in [0.2, 0.25) is 5.13 Å². The number of hydrogen-bond acceptors (Lipinski definition) is 8. The Bertz CT molecular complexity index is 860. The highest BCUT2D eigenvalue weighted by molar-refractivity contribution is 8.00. The zero-order chi connectivity index (χ0) is 16.2. The van der Waals surface area contributed by atoms with Crippen LogP contribution < -0.4 is 10.9 Å². The summed E-state index contributed by atoms with van der Waals surface area (Å²) in [4.78, 5) is 12.3. The molecule has 2 heterocycles. The van der Waals surface area contributed by atoms with Crippen molar-refractivity contribution in [2.24, 2.45) is 5.92 Å². The Kier molecular flexibility index (Phi) is 4.87. The van der Waals surface area contributed by atoms with Crippen molar-refractivity contribution in [1.29, 1.82) is 0 Å². The van der Waals surface area contributed by atoms with Crippen molar-refractivity contribution >= 4 is 39.1 Å². The second kappa shape index (κ2) is 7.05. The van der Waals surface area contributed by atoms with Gasteiger partial charge in [0.15, 0.2) is 4.34 Å². The summed E-state index contributed by atoms with van der Waals surface area (Å²) >= 11 is 2.89. The van der Waals surface area contributed by atoms with E-state index in [1.54, 1.807) is 12.1 Å². The number of hydrogen-bond donors (Lipinski definition) is 1. The average molecular weight is 348 g/mol. The van der Waals surface area contributed by atoms with Gasteiger partial charge in [-0.05, 0) is 18.1 Å². The third-order valence-corrected chi connectivity index (χ3v) is 4.99. The van der Waals surface area contributed by atoms with E-state index in [1.165, 1.54) is 27.8 Å². The molecule has 9 heteroatoms. The van der Waals surface area contributed by atoms with Gasteiger partial charge < -0.3 is 5.32 Å². The Morgan fingerprint density at radius 1 is 1.26 bits per heavy atom. The van der Waals surface area contributed by atoms with Crippen LogP contribution in [0.5, 0.6) is 0 Å². The van der Waals surface area contributed by atoms with Crippen LogP contribution in [0.1, 0.15) is 13.8 Å². The quantitative estimate of drug-likeness (QED) is 0.685. The van der Waals surface area contributed by atoms with E-state index in [0.717, 1.165) is 16.0 Å². The predicted molar refractivity (Wildman–Crippen MR) is 92.9 cm³/mol. The van der Waals surface area contributed by atoms with Crippen molar-refractivity contribution in [2.75, 3.05) is 11.9 Å². The number of rotatable bonds is 6. The van der Waals surface area contributed by atoms with E-state index < -0.39 is 0 Å². The van der Waals surface area contributed by atoms with Crippen molar-refractivity contribution in [3.05, 3.63) is 34.6 Å². The van der Waals surface area contributed by atoms with Gasteiger partial charge in [-0.15, -0.1) is 15.3 Å². The van der Waals surface area contributed by atoms with Crippen molar-refractivity contribution in [3.8, 4) is 0 Å². The lowest BCUT2D eigenvalue weighted by Gasteiger charge is -2.03. The summed E-state index contributed by atoms with van der Waals surface area (Å²) in [7, 11) is 0. The summed E-state index contributed by atoms with van der Waals surface area (Å²) in [6, 6.07) is 7.19. The molecular weight excluding hydrogens is 332 g/mol. The van der Waals surface area contributed by atoms with Crippen LogP contribution in [0, 0.1) is 5.92 Å². The normalized spacial score (nSPS) is 11.3. The van der Waals surface area contributed by atoms with E-state index in [2.05, 4.69) is 39.7 Å². The standard InChI is InChI=1S/C14H16N6OS2/c1-9(2)7-15-13-17-18-14(23-13)22-8-20-12(21)10-5-3-4-6-11(10)16-19-20/h3-6,9H,7-8H2,1-2H3,(H,15,17). The molecule has 0 saturated heterocycles. The topological polar surface area (TPSA) is 85.6 Å². The molecule has 0 atom stereocenters. The summed E-state index contributed by atoms with van der Waals surface area (Å²) in [5.41, 5.74) is 0.459. The summed E-state index contributed by atoms with van der Waals surface area (Å²) in [5.74, 6) is 0.900. The summed E-state index contributed by atoms with van der Waals surface area (Å²) in [5, 5.41) is 20.8. The van der Waals surface area contributed by atoms with Crippen molar-refractivity contribution in [2.45, 2.75) is 24.1 Å². The van der Waals surface area contributed by atoms with Gasteiger partial charge in [0, 0.05) is 6.54 Å². The van der Waals surface area contributed by atoms with Gasteiger partial charge in [-0.25, -0.2) is 0 Å². The molecule has 0 aliphatic heterocycles. The number of benzene rings is 1. The second-order valence-corrected chi connectivity index (χ2v) is 7.50. The molecule has 0 aliphatic rings. The Morgan fingerprint density at radius 2 is 2.09 bits per heavy atom. The maximum Gasteiger partial charge on any atom is 0.278 e. The fourth-order valence-corrected chi connectivity index (χ4v) is 3.47.